The van der Waals surface area contributed by atoms with Crippen molar-refractivity contribution in [1.29, 1.82) is 0 Å². The molecule has 1 amide bonds. The zero-order valence-corrected chi connectivity index (χ0v) is 14.6. The average Bonchev–Trinajstić information content (AvgIpc) is 2.85. The summed E-state index contributed by atoms with van der Waals surface area (Å²) < 4.78 is 16.1. The van der Waals surface area contributed by atoms with Gasteiger partial charge in [-0.2, -0.15) is 0 Å². The number of hydrogen-bond donors (Lipinski definition) is 2. The lowest BCUT2D eigenvalue weighted by Crippen LogP contribution is -2.18. The third-order valence-corrected chi connectivity index (χ3v) is 3.35. The Kier molecular flexibility index (Phi) is 7.45. The van der Waals surface area contributed by atoms with Gasteiger partial charge < -0.3 is 25.3 Å². The number of carbonyl (C=O) groups is 1. The van der Waals surface area contributed by atoms with E-state index in [0.29, 0.717) is 35.4 Å². The van der Waals surface area contributed by atoms with Crippen LogP contribution in [0.4, 0.5) is 11.4 Å². The first kappa shape index (κ1) is 19.4. The predicted octanol–water partition coefficient (Wildman–Crippen LogP) is 3.20. The van der Waals surface area contributed by atoms with E-state index in [0.717, 1.165) is 6.42 Å². The van der Waals surface area contributed by atoms with Gasteiger partial charge in [0.15, 0.2) is 11.5 Å². The van der Waals surface area contributed by atoms with Crippen molar-refractivity contribution in [1.82, 2.24) is 0 Å². The fraction of sp³-hybridized carbons (Fsp3) is 0.562. The molecule has 0 saturated carbocycles. The van der Waals surface area contributed by atoms with Gasteiger partial charge in [0.25, 0.3) is 0 Å². The fourth-order valence-electron chi connectivity index (χ4n) is 2.36. The molecule has 3 N–H and O–H groups in total. The predicted molar refractivity (Wildman–Crippen MR) is 92.3 cm³/mol. The summed E-state index contributed by atoms with van der Waals surface area (Å²) in [5.41, 5.74) is 6.87. The number of hydrogen-bond acceptors (Lipinski definition) is 5. The van der Waals surface area contributed by atoms with E-state index >= 15 is 0 Å². The standard InChI is InChI=1S/C16H24N2O4.ClH/c1-10(2)6-11(3)20-5-4-16(19)18-13-8-15-14(7-12(13)17)21-9-22-15;/h7-8,10-11H,4-6,9,17H2,1-3H3,(H,18,19);1H. The van der Waals surface area contributed by atoms with Crippen LogP contribution in [-0.2, 0) is 9.53 Å². The van der Waals surface area contributed by atoms with Crippen molar-refractivity contribution in [2.45, 2.75) is 39.7 Å². The van der Waals surface area contributed by atoms with Gasteiger partial charge >= 0.3 is 0 Å². The number of anilines is 2. The molecule has 0 aliphatic carbocycles. The van der Waals surface area contributed by atoms with Crippen molar-refractivity contribution < 1.29 is 19.0 Å². The molecular weight excluding hydrogens is 320 g/mol. The first-order valence-electron chi connectivity index (χ1n) is 7.56. The minimum absolute atomic E-state index is 0. The molecule has 1 aliphatic rings. The Labute approximate surface area is 143 Å². The number of nitrogens with two attached hydrogens (primary N) is 1. The summed E-state index contributed by atoms with van der Waals surface area (Å²) in [4.78, 5) is 11.9. The Morgan fingerprint density at radius 2 is 1.96 bits per heavy atom. The molecule has 6 nitrogen and oxygen atoms in total. The number of fused-ring (bicyclic) bond motifs is 1. The molecule has 0 aromatic heterocycles. The maximum atomic E-state index is 11.9. The van der Waals surface area contributed by atoms with E-state index in [9.17, 15) is 4.79 Å². The van der Waals surface area contributed by atoms with Crippen molar-refractivity contribution >= 4 is 29.7 Å². The van der Waals surface area contributed by atoms with E-state index in [1.54, 1.807) is 12.1 Å². The minimum Gasteiger partial charge on any atom is -0.454 e. The van der Waals surface area contributed by atoms with Gasteiger partial charge in [0.05, 0.1) is 30.5 Å². The van der Waals surface area contributed by atoms with Crippen molar-refractivity contribution in [3.05, 3.63) is 12.1 Å². The number of nitrogens with one attached hydrogen (secondary N) is 1. The lowest BCUT2D eigenvalue weighted by atomic mass is 10.1. The Hall–Kier alpha value is -1.66. The van der Waals surface area contributed by atoms with E-state index in [1.807, 2.05) is 6.92 Å². The maximum absolute atomic E-state index is 11.9. The molecule has 0 spiro atoms. The summed E-state index contributed by atoms with van der Waals surface area (Å²) in [7, 11) is 0. The quantitative estimate of drug-likeness (QED) is 0.742. The van der Waals surface area contributed by atoms with Crippen LogP contribution in [0.3, 0.4) is 0 Å². The summed E-state index contributed by atoms with van der Waals surface area (Å²) in [6.07, 6.45) is 1.43. The highest BCUT2D eigenvalue weighted by molar-refractivity contribution is 5.94. The average molecular weight is 345 g/mol. The van der Waals surface area contributed by atoms with Crippen LogP contribution in [0.5, 0.6) is 11.5 Å². The van der Waals surface area contributed by atoms with E-state index in [2.05, 4.69) is 19.2 Å². The number of amides is 1. The largest absolute Gasteiger partial charge is 0.454 e. The fourth-order valence-corrected chi connectivity index (χ4v) is 2.36. The van der Waals surface area contributed by atoms with Crippen LogP contribution in [-0.4, -0.2) is 25.4 Å². The minimum atomic E-state index is -0.137. The van der Waals surface area contributed by atoms with E-state index in [-0.39, 0.29) is 37.6 Å². The Morgan fingerprint density at radius 3 is 2.61 bits per heavy atom. The van der Waals surface area contributed by atoms with Gasteiger partial charge in [-0.25, -0.2) is 0 Å². The highest BCUT2D eigenvalue weighted by Gasteiger charge is 2.17. The second-order valence-corrected chi connectivity index (χ2v) is 5.90. The van der Waals surface area contributed by atoms with E-state index in [1.165, 1.54) is 0 Å². The van der Waals surface area contributed by atoms with Gasteiger partial charge in [-0.3, -0.25) is 4.79 Å². The smallest absolute Gasteiger partial charge is 0.231 e. The Morgan fingerprint density at radius 1 is 1.30 bits per heavy atom. The Balaban J connectivity index is 0.00000264. The monoisotopic (exact) mass is 344 g/mol. The molecule has 23 heavy (non-hydrogen) atoms. The molecule has 1 aromatic carbocycles. The van der Waals surface area contributed by atoms with E-state index in [4.69, 9.17) is 19.9 Å². The molecule has 0 fully saturated rings. The van der Waals surface area contributed by atoms with Crippen LogP contribution in [0.25, 0.3) is 0 Å². The van der Waals surface area contributed by atoms with Crippen molar-refractivity contribution in [3.63, 3.8) is 0 Å². The van der Waals surface area contributed by atoms with Crippen LogP contribution in [0.2, 0.25) is 0 Å². The zero-order valence-electron chi connectivity index (χ0n) is 13.8. The van der Waals surface area contributed by atoms with Crippen LogP contribution in [0.15, 0.2) is 12.1 Å². The van der Waals surface area contributed by atoms with Gasteiger partial charge in [0.2, 0.25) is 12.7 Å². The van der Waals surface area contributed by atoms with Gasteiger partial charge in [0.1, 0.15) is 0 Å². The molecule has 7 heteroatoms. The number of benzene rings is 1. The number of ether oxygens (including phenoxy) is 3. The number of halogens is 1. The number of carbonyl (C=O) groups excluding carboxylic acids is 1. The molecule has 1 aliphatic heterocycles. The topological polar surface area (TPSA) is 82.8 Å². The molecule has 1 atom stereocenters. The van der Waals surface area contributed by atoms with E-state index < -0.39 is 0 Å². The van der Waals surface area contributed by atoms with Crippen LogP contribution >= 0.6 is 12.4 Å². The maximum Gasteiger partial charge on any atom is 0.231 e. The first-order chi connectivity index (χ1) is 10.5. The Bertz CT molecular complexity index is 537. The molecule has 2 rings (SSSR count). The lowest BCUT2D eigenvalue weighted by Gasteiger charge is -2.15. The molecule has 0 radical (unpaired) electrons. The molecule has 1 unspecified atom stereocenters. The molecule has 1 aromatic rings. The zero-order chi connectivity index (χ0) is 16.1. The van der Waals surface area contributed by atoms with Crippen LogP contribution < -0.4 is 20.5 Å². The lowest BCUT2D eigenvalue weighted by molar-refractivity contribution is -0.117. The third-order valence-electron chi connectivity index (χ3n) is 3.35. The number of rotatable bonds is 7. The second-order valence-electron chi connectivity index (χ2n) is 5.90. The van der Waals surface area contributed by atoms with Crippen LogP contribution in [0, 0.1) is 5.92 Å². The van der Waals surface area contributed by atoms with Crippen molar-refractivity contribution in [3.8, 4) is 11.5 Å². The van der Waals surface area contributed by atoms with Gasteiger partial charge in [0, 0.05) is 12.1 Å². The molecule has 0 saturated heterocycles. The summed E-state index contributed by atoms with van der Waals surface area (Å²) in [5, 5.41) is 2.77. The van der Waals surface area contributed by atoms with Crippen LogP contribution in [0.1, 0.15) is 33.6 Å². The summed E-state index contributed by atoms with van der Waals surface area (Å²) in [5.74, 6) is 1.63. The summed E-state index contributed by atoms with van der Waals surface area (Å²) in [6, 6.07) is 3.33. The normalized spacial score (nSPS) is 13.6. The molecule has 0 bridgehead atoms. The highest BCUT2D eigenvalue weighted by Crippen LogP contribution is 2.38. The first-order valence-corrected chi connectivity index (χ1v) is 7.56. The number of nitrogen functional groups attached to an aromatic ring is 1. The molecule has 1 heterocycles. The molecule has 130 valence electrons. The third kappa shape index (κ3) is 5.80. The molecular formula is C16H25ClN2O4. The van der Waals surface area contributed by atoms with Gasteiger partial charge in [-0.05, 0) is 19.3 Å². The van der Waals surface area contributed by atoms with Gasteiger partial charge in [-0.15, -0.1) is 12.4 Å². The van der Waals surface area contributed by atoms with Crippen molar-refractivity contribution in [2.24, 2.45) is 5.92 Å². The SMILES string of the molecule is CC(C)CC(C)OCCC(=O)Nc1cc2c(cc1N)OCO2.Cl. The highest BCUT2D eigenvalue weighted by atomic mass is 35.5. The summed E-state index contributed by atoms with van der Waals surface area (Å²) >= 11 is 0. The van der Waals surface area contributed by atoms with Crippen molar-refractivity contribution in [2.75, 3.05) is 24.5 Å². The van der Waals surface area contributed by atoms with Gasteiger partial charge in [-0.1, -0.05) is 13.8 Å². The second kappa shape index (κ2) is 8.84. The summed E-state index contributed by atoms with van der Waals surface area (Å²) in [6.45, 7) is 6.88.